The second-order valence-electron chi connectivity index (χ2n) is 2.53. The number of nitrogens with one attached hydrogen (secondary N) is 1. The van der Waals surface area contributed by atoms with Crippen LogP contribution in [-0.4, -0.2) is 20.1 Å². The SMILES string of the molecule is CONc1ccc(N)c(S(=O)(=O)O)c1. The summed E-state index contributed by atoms with van der Waals surface area (Å²) < 4.78 is 30.4. The topological polar surface area (TPSA) is 102 Å². The van der Waals surface area contributed by atoms with Crippen LogP contribution in [0.2, 0.25) is 0 Å². The van der Waals surface area contributed by atoms with Gasteiger partial charge in [0.1, 0.15) is 4.90 Å². The van der Waals surface area contributed by atoms with Crippen LogP contribution in [0.5, 0.6) is 0 Å². The minimum absolute atomic E-state index is 0.0193. The molecule has 0 saturated carbocycles. The lowest BCUT2D eigenvalue weighted by atomic mass is 10.3. The first-order valence-electron chi connectivity index (χ1n) is 3.61. The van der Waals surface area contributed by atoms with Crippen molar-refractivity contribution in [3.8, 4) is 0 Å². The third kappa shape index (κ3) is 2.34. The highest BCUT2D eigenvalue weighted by Crippen LogP contribution is 2.22. The lowest BCUT2D eigenvalue weighted by molar-refractivity contribution is 0.271. The monoisotopic (exact) mass is 218 g/mol. The maximum absolute atomic E-state index is 10.8. The number of anilines is 2. The highest BCUT2D eigenvalue weighted by atomic mass is 32.2. The molecule has 0 bridgehead atoms. The molecule has 0 spiro atoms. The van der Waals surface area contributed by atoms with Crippen molar-refractivity contribution in [2.24, 2.45) is 0 Å². The van der Waals surface area contributed by atoms with Gasteiger partial charge in [0.15, 0.2) is 0 Å². The van der Waals surface area contributed by atoms with Crippen molar-refractivity contribution < 1.29 is 17.8 Å². The zero-order chi connectivity index (χ0) is 10.8. The molecule has 14 heavy (non-hydrogen) atoms. The number of hydrogen-bond donors (Lipinski definition) is 3. The van der Waals surface area contributed by atoms with Crippen molar-refractivity contribution in [3.05, 3.63) is 18.2 Å². The zero-order valence-electron chi connectivity index (χ0n) is 7.39. The number of nitrogen functional groups attached to an aromatic ring is 1. The van der Waals surface area contributed by atoms with Gasteiger partial charge in [0.25, 0.3) is 10.1 Å². The molecule has 0 amide bonds. The van der Waals surface area contributed by atoms with E-state index in [-0.39, 0.29) is 10.6 Å². The van der Waals surface area contributed by atoms with Crippen molar-refractivity contribution >= 4 is 21.5 Å². The van der Waals surface area contributed by atoms with E-state index in [1.165, 1.54) is 25.3 Å². The molecular formula is C7H10N2O4S. The number of benzene rings is 1. The molecule has 1 rings (SSSR count). The van der Waals surface area contributed by atoms with E-state index in [1.54, 1.807) is 0 Å². The van der Waals surface area contributed by atoms with E-state index in [9.17, 15) is 8.42 Å². The molecule has 78 valence electrons. The van der Waals surface area contributed by atoms with Crippen LogP contribution < -0.4 is 11.2 Å². The normalized spacial score (nSPS) is 11.3. The molecule has 0 aliphatic rings. The molecule has 7 heteroatoms. The fraction of sp³-hybridized carbons (Fsp3) is 0.143. The van der Waals surface area contributed by atoms with E-state index in [4.69, 9.17) is 10.3 Å². The first kappa shape index (κ1) is 10.8. The molecule has 0 saturated heterocycles. The summed E-state index contributed by atoms with van der Waals surface area (Å²) >= 11 is 0. The van der Waals surface area contributed by atoms with Crippen LogP contribution in [-0.2, 0) is 15.0 Å². The fourth-order valence-corrected chi connectivity index (χ4v) is 1.58. The first-order chi connectivity index (χ1) is 6.45. The summed E-state index contributed by atoms with van der Waals surface area (Å²) in [7, 11) is -2.92. The summed E-state index contributed by atoms with van der Waals surface area (Å²) in [5.74, 6) is 0. The Kier molecular flexibility index (Phi) is 2.94. The molecule has 0 aliphatic heterocycles. The first-order valence-corrected chi connectivity index (χ1v) is 5.05. The number of nitrogens with two attached hydrogens (primary N) is 1. The summed E-state index contributed by atoms with van der Waals surface area (Å²) in [5, 5.41) is 0. The molecule has 1 aromatic rings. The Morgan fingerprint density at radius 1 is 1.50 bits per heavy atom. The number of rotatable bonds is 3. The highest BCUT2D eigenvalue weighted by Gasteiger charge is 2.14. The third-order valence-corrected chi connectivity index (χ3v) is 2.42. The maximum atomic E-state index is 10.8. The van der Waals surface area contributed by atoms with Gasteiger partial charge in [-0.3, -0.25) is 14.9 Å². The van der Waals surface area contributed by atoms with Crippen LogP contribution in [0.1, 0.15) is 0 Å². The standard InChI is InChI=1S/C7H10N2O4S/c1-13-9-5-2-3-6(8)7(4-5)14(10,11)12/h2-4,9H,8H2,1H3,(H,10,11,12). The molecule has 0 fully saturated rings. The van der Waals surface area contributed by atoms with Crippen molar-refractivity contribution in [2.45, 2.75) is 4.90 Å². The Hall–Kier alpha value is -1.31. The summed E-state index contributed by atoms with van der Waals surface area (Å²) in [5.41, 5.74) is 8.14. The molecule has 1 aromatic carbocycles. The average Bonchev–Trinajstić information content (AvgIpc) is 2.07. The summed E-state index contributed by atoms with van der Waals surface area (Å²) in [6, 6.07) is 4.05. The van der Waals surface area contributed by atoms with Gasteiger partial charge in [0.05, 0.1) is 18.5 Å². The van der Waals surface area contributed by atoms with Crippen LogP contribution in [0, 0.1) is 0 Å². The lowest BCUT2D eigenvalue weighted by Gasteiger charge is -2.06. The van der Waals surface area contributed by atoms with Gasteiger partial charge in [-0.05, 0) is 18.2 Å². The van der Waals surface area contributed by atoms with E-state index in [1.807, 2.05) is 0 Å². The van der Waals surface area contributed by atoms with Gasteiger partial charge in [-0.2, -0.15) is 8.42 Å². The minimum Gasteiger partial charge on any atom is -0.398 e. The smallest absolute Gasteiger partial charge is 0.296 e. The second-order valence-corrected chi connectivity index (χ2v) is 3.92. The Morgan fingerprint density at radius 3 is 2.64 bits per heavy atom. The number of hydrogen-bond acceptors (Lipinski definition) is 5. The van der Waals surface area contributed by atoms with Gasteiger partial charge in [0.2, 0.25) is 0 Å². The summed E-state index contributed by atoms with van der Waals surface area (Å²) in [4.78, 5) is 4.22. The van der Waals surface area contributed by atoms with Gasteiger partial charge in [-0.15, -0.1) is 0 Å². The van der Waals surface area contributed by atoms with Gasteiger partial charge < -0.3 is 5.73 Å². The molecule has 0 unspecified atom stereocenters. The molecule has 0 aliphatic carbocycles. The fourth-order valence-electron chi connectivity index (χ4n) is 0.939. The molecule has 6 nitrogen and oxygen atoms in total. The molecule has 0 aromatic heterocycles. The predicted molar refractivity (Wildman–Crippen MR) is 51.3 cm³/mol. The quantitative estimate of drug-likeness (QED) is 0.387. The molecule has 0 radical (unpaired) electrons. The van der Waals surface area contributed by atoms with Crippen molar-refractivity contribution in [1.29, 1.82) is 0 Å². The minimum atomic E-state index is -4.29. The van der Waals surface area contributed by atoms with Crippen molar-refractivity contribution in [3.63, 3.8) is 0 Å². The summed E-state index contributed by atoms with van der Waals surface area (Å²) in [6.45, 7) is 0. The second kappa shape index (κ2) is 3.82. The van der Waals surface area contributed by atoms with Gasteiger partial charge >= 0.3 is 0 Å². The largest absolute Gasteiger partial charge is 0.398 e. The van der Waals surface area contributed by atoms with Crippen LogP contribution >= 0.6 is 0 Å². The Bertz CT molecular complexity index is 429. The van der Waals surface area contributed by atoms with Gasteiger partial charge in [-0.1, -0.05) is 0 Å². The Balaban J connectivity index is 3.22. The summed E-state index contributed by atoms with van der Waals surface area (Å²) in [6.07, 6.45) is 0. The predicted octanol–water partition coefficient (Wildman–Crippen LogP) is 0.489. The highest BCUT2D eigenvalue weighted by molar-refractivity contribution is 7.86. The van der Waals surface area contributed by atoms with E-state index in [2.05, 4.69) is 10.3 Å². The third-order valence-electron chi connectivity index (χ3n) is 1.51. The van der Waals surface area contributed by atoms with Crippen LogP contribution in [0.4, 0.5) is 11.4 Å². The molecular weight excluding hydrogens is 208 g/mol. The molecule has 4 N–H and O–H groups in total. The van der Waals surface area contributed by atoms with E-state index < -0.39 is 10.1 Å². The average molecular weight is 218 g/mol. The van der Waals surface area contributed by atoms with E-state index >= 15 is 0 Å². The lowest BCUT2D eigenvalue weighted by Crippen LogP contribution is -2.04. The van der Waals surface area contributed by atoms with Gasteiger partial charge in [0, 0.05) is 0 Å². The van der Waals surface area contributed by atoms with Crippen molar-refractivity contribution in [2.75, 3.05) is 18.3 Å². The Labute approximate surface area is 81.4 Å². The van der Waals surface area contributed by atoms with E-state index in [0.29, 0.717) is 5.69 Å². The Morgan fingerprint density at radius 2 is 2.14 bits per heavy atom. The zero-order valence-corrected chi connectivity index (χ0v) is 8.21. The van der Waals surface area contributed by atoms with E-state index in [0.717, 1.165) is 0 Å². The van der Waals surface area contributed by atoms with Crippen LogP contribution in [0.15, 0.2) is 23.1 Å². The molecule has 0 atom stereocenters. The van der Waals surface area contributed by atoms with Crippen LogP contribution in [0.3, 0.4) is 0 Å². The van der Waals surface area contributed by atoms with Crippen LogP contribution in [0.25, 0.3) is 0 Å². The van der Waals surface area contributed by atoms with Gasteiger partial charge in [-0.25, -0.2) is 0 Å². The maximum Gasteiger partial charge on any atom is 0.296 e. The molecule has 0 heterocycles. The van der Waals surface area contributed by atoms with Crippen molar-refractivity contribution in [1.82, 2.24) is 0 Å².